The average Bonchev–Trinajstić information content (AvgIpc) is 3.14. The summed E-state index contributed by atoms with van der Waals surface area (Å²) in [6.07, 6.45) is 2.36. The maximum absolute atomic E-state index is 12.1. The molecular formula is C16H19N5O2. The Morgan fingerprint density at radius 3 is 2.74 bits per heavy atom. The van der Waals surface area contributed by atoms with Gasteiger partial charge in [0.15, 0.2) is 11.5 Å². The summed E-state index contributed by atoms with van der Waals surface area (Å²) < 4.78 is 5.06. The molecule has 23 heavy (non-hydrogen) atoms. The van der Waals surface area contributed by atoms with E-state index in [-0.39, 0.29) is 5.91 Å². The number of pyridine rings is 1. The Morgan fingerprint density at radius 1 is 1.22 bits per heavy atom. The van der Waals surface area contributed by atoms with Crippen LogP contribution in [-0.2, 0) is 6.54 Å². The molecule has 0 bridgehead atoms. The van der Waals surface area contributed by atoms with Crippen LogP contribution < -0.4 is 15.0 Å². The van der Waals surface area contributed by atoms with Crippen LogP contribution in [0.5, 0.6) is 5.88 Å². The van der Waals surface area contributed by atoms with Crippen molar-refractivity contribution in [3.63, 3.8) is 0 Å². The highest BCUT2D eigenvalue weighted by Gasteiger charge is 2.15. The van der Waals surface area contributed by atoms with E-state index in [2.05, 4.69) is 25.4 Å². The van der Waals surface area contributed by atoms with Gasteiger partial charge in [-0.15, -0.1) is 10.2 Å². The summed E-state index contributed by atoms with van der Waals surface area (Å²) in [6, 6.07) is 8.96. The van der Waals surface area contributed by atoms with Crippen molar-refractivity contribution < 1.29 is 9.53 Å². The van der Waals surface area contributed by atoms with Gasteiger partial charge in [0.05, 0.1) is 19.3 Å². The van der Waals surface area contributed by atoms with Gasteiger partial charge in [0, 0.05) is 19.2 Å². The fourth-order valence-corrected chi connectivity index (χ4v) is 2.49. The van der Waals surface area contributed by atoms with Gasteiger partial charge in [-0.25, -0.2) is 4.98 Å². The Hall–Kier alpha value is -2.70. The second-order valence-corrected chi connectivity index (χ2v) is 5.32. The molecule has 1 aliphatic heterocycles. The Bertz CT molecular complexity index is 668. The SMILES string of the molecule is COc1cccc(CNC(=O)c2ccc(N3CCCC3)nn2)n1. The van der Waals surface area contributed by atoms with Crippen LogP contribution in [0.15, 0.2) is 30.3 Å². The predicted octanol–water partition coefficient (Wildman–Crippen LogP) is 1.41. The molecule has 0 saturated carbocycles. The molecule has 1 aliphatic rings. The molecular weight excluding hydrogens is 294 g/mol. The van der Waals surface area contributed by atoms with Crippen LogP contribution in [0.2, 0.25) is 0 Å². The number of hydrogen-bond acceptors (Lipinski definition) is 6. The average molecular weight is 313 g/mol. The molecule has 0 radical (unpaired) electrons. The van der Waals surface area contributed by atoms with E-state index < -0.39 is 0 Å². The first-order chi connectivity index (χ1) is 11.3. The minimum Gasteiger partial charge on any atom is -0.481 e. The van der Waals surface area contributed by atoms with Crippen molar-refractivity contribution in [1.29, 1.82) is 0 Å². The normalized spacial score (nSPS) is 13.9. The Kier molecular flexibility index (Phi) is 4.65. The third kappa shape index (κ3) is 3.74. The Balaban J connectivity index is 1.59. The third-order valence-electron chi connectivity index (χ3n) is 3.73. The van der Waals surface area contributed by atoms with Crippen molar-refractivity contribution in [3.05, 3.63) is 41.7 Å². The molecule has 1 fully saturated rings. The standard InChI is InChI=1S/C16H19N5O2/c1-23-15-6-4-5-12(18-15)11-17-16(22)13-7-8-14(20-19-13)21-9-2-3-10-21/h4-8H,2-3,9-11H2,1H3,(H,17,22). The van der Waals surface area contributed by atoms with Crippen molar-refractivity contribution in [2.24, 2.45) is 0 Å². The molecule has 0 aliphatic carbocycles. The highest BCUT2D eigenvalue weighted by Crippen LogP contribution is 2.16. The smallest absolute Gasteiger partial charge is 0.272 e. The number of carbonyl (C=O) groups excluding carboxylic acids is 1. The zero-order valence-electron chi connectivity index (χ0n) is 13.0. The van der Waals surface area contributed by atoms with E-state index in [1.165, 1.54) is 12.8 Å². The highest BCUT2D eigenvalue weighted by atomic mass is 16.5. The number of anilines is 1. The molecule has 7 heteroatoms. The fraction of sp³-hybridized carbons (Fsp3) is 0.375. The van der Waals surface area contributed by atoms with E-state index in [1.54, 1.807) is 19.2 Å². The van der Waals surface area contributed by atoms with E-state index in [0.29, 0.717) is 18.1 Å². The molecule has 3 rings (SSSR count). The van der Waals surface area contributed by atoms with Crippen molar-refractivity contribution in [2.75, 3.05) is 25.1 Å². The molecule has 120 valence electrons. The minimum atomic E-state index is -0.268. The van der Waals surface area contributed by atoms with Crippen LogP contribution in [0.4, 0.5) is 5.82 Å². The largest absolute Gasteiger partial charge is 0.481 e. The van der Waals surface area contributed by atoms with E-state index in [9.17, 15) is 4.79 Å². The number of hydrogen-bond donors (Lipinski definition) is 1. The van der Waals surface area contributed by atoms with Crippen LogP contribution in [0.3, 0.4) is 0 Å². The molecule has 7 nitrogen and oxygen atoms in total. The summed E-state index contributed by atoms with van der Waals surface area (Å²) in [5.41, 5.74) is 1.02. The molecule has 3 heterocycles. The summed E-state index contributed by atoms with van der Waals surface area (Å²) in [5, 5.41) is 10.9. The van der Waals surface area contributed by atoms with Gasteiger partial charge in [0.2, 0.25) is 5.88 Å². The number of ether oxygens (including phenoxy) is 1. The summed E-state index contributed by atoms with van der Waals surface area (Å²) in [6.45, 7) is 2.31. The first kappa shape index (κ1) is 15.2. The van der Waals surface area contributed by atoms with Crippen molar-refractivity contribution in [1.82, 2.24) is 20.5 Å². The lowest BCUT2D eigenvalue weighted by molar-refractivity contribution is 0.0944. The van der Waals surface area contributed by atoms with Crippen molar-refractivity contribution in [2.45, 2.75) is 19.4 Å². The molecule has 2 aromatic rings. The van der Waals surface area contributed by atoms with Crippen LogP contribution in [0.1, 0.15) is 29.0 Å². The summed E-state index contributed by atoms with van der Waals surface area (Å²) in [4.78, 5) is 18.5. The quantitative estimate of drug-likeness (QED) is 0.899. The van der Waals surface area contributed by atoms with E-state index in [1.807, 2.05) is 18.2 Å². The molecule has 0 aromatic carbocycles. The summed E-state index contributed by atoms with van der Waals surface area (Å²) in [5.74, 6) is 1.08. The molecule has 0 unspecified atom stereocenters. The Labute approximate surface area is 134 Å². The van der Waals surface area contributed by atoms with Gasteiger partial charge in [-0.05, 0) is 31.0 Å². The Morgan fingerprint density at radius 2 is 2.04 bits per heavy atom. The van der Waals surface area contributed by atoms with Crippen LogP contribution in [0, 0.1) is 0 Å². The lowest BCUT2D eigenvalue weighted by atomic mass is 10.3. The van der Waals surface area contributed by atoms with Gasteiger partial charge in [-0.3, -0.25) is 4.79 Å². The first-order valence-corrected chi connectivity index (χ1v) is 7.63. The van der Waals surface area contributed by atoms with E-state index in [0.717, 1.165) is 24.6 Å². The molecule has 0 atom stereocenters. The van der Waals surface area contributed by atoms with E-state index in [4.69, 9.17) is 4.74 Å². The van der Waals surface area contributed by atoms with Crippen molar-refractivity contribution in [3.8, 4) is 5.88 Å². The lowest BCUT2D eigenvalue weighted by Crippen LogP contribution is -2.25. The van der Waals surface area contributed by atoms with Gasteiger partial charge < -0.3 is 15.0 Å². The molecule has 2 aromatic heterocycles. The number of carbonyl (C=O) groups is 1. The zero-order valence-corrected chi connectivity index (χ0v) is 13.0. The monoisotopic (exact) mass is 313 g/mol. The number of aromatic nitrogens is 3. The van der Waals surface area contributed by atoms with Crippen molar-refractivity contribution >= 4 is 11.7 Å². The number of nitrogens with one attached hydrogen (secondary N) is 1. The van der Waals surface area contributed by atoms with Gasteiger partial charge in [-0.1, -0.05) is 6.07 Å². The number of nitrogens with zero attached hydrogens (tertiary/aromatic N) is 4. The molecule has 1 N–H and O–H groups in total. The highest BCUT2D eigenvalue weighted by molar-refractivity contribution is 5.92. The van der Waals surface area contributed by atoms with Crippen LogP contribution >= 0.6 is 0 Å². The zero-order chi connectivity index (χ0) is 16.1. The molecule has 0 spiro atoms. The maximum Gasteiger partial charge on any atom is 0.272 e. The maximum atomic E-state index is 12.1. The first-order valence-electron chi connectivity index (χ1n) is 7.63. The van der Waals surface area contributed by atoms with Gasteiger partial charge in [-0.2, -0.15) is 0 Å². The number of rotatable bonds is 5. The van der Waals surface area contributed by atoms with Crippen LogP contribution in [0.25, 0.3) is 0 Å². The van der Waals surface area contributed by atoms with E-state index >= 15 is 0 Å². The lowest BCUT2D eigenvalue weighted by Gasteiger charge is -2.15. The van der Waals surface area contributed by atoms with Gasteiger partial charge in [0.1, 0.15) is 0 Å². The summed E-state index contributed by atoms with van der Waals surface area (Å²) in [7, 11) is 1.56. The number of methoxy groups -OCH3 is 1. The second-order valence-electron chi connectivity index (χ2n) is 5.32. The third-order valence-corrected chi connectivity index (χ3v) is 3.73. The predicted molar refractivity (Wildman–Crippen MR) is 85.4 cm³/mol. The molecule has 1 amide bonds. The van der Waals surface area contributed by atoms with Crippen LogP contribution in [-0.4, -0.2) is 41.3 Å². The second kappa shape index (κ2) is 7.04. The fourth-order valence-electron chi connectivity index (χ4n) is 2.49. The summed E-state index contributed by atoms with van der Waals surface area (Å²) >= 11 is 0. The van der Waals surface area contributed by atoms with Gasteiger partial charge >= 0.3 is 0 Å². The van der Waals surface area contributed by atoms with Gasteiger partial charge in [0.25, 0.3) is 5.91 Å². The molecule has 1 saturated heterocycles. The number of amides is 1. The minimum absolute atomic E-state index is 0.268. The topological polar surface area (TPSA) is 80.2 Å².